The smallest absolute Gasteiger partial charge is 0.421 e. The summed E-state index contributed by atoms with van der Waals surface area (Å²) < 4.78 is 81.6. The SMILES string of the molecule is CC(C)CC(C)(COc1ncc(-c2ccnc3cc(F)cc(F)c23)cc1C(F)(F)F)NC(O)OC(C)(C)C. The molecule has 2 atom stereocenters. The fourth-order valence-electron chi connectivity index (χ4n) is 4.31. The van der Waals surface area contributed by atoms with Gasteiger partial charge in [-0.3, -0.25) is 10.3 Å². The first-order valence-electron chi connectivity index (χ1n) is 12.1. The number of alkyl halides is 3. The third kappa shape index (κ3) is 7.58. The Bertz CT molecular complexity index is 1280. The summed E-state index contributed by atoms with van der Waals surface area (Å²) in [7, 11) is 0. The van der Waals surface area contributed by atoms with E-state index in [1.807, 2.05) is 13.8 Å². The minimum atomic E-state index is -4.84. The Morgan fingerprint density at radius 3 is 2.32 bits per heavy atom. The molecule has 11 heteroatoms. The minimum absolute atomic E-state index is 0.0413. The van der Waals surface area contributed by atoms with Gasteiger partial charge in [0.2, 0.25) is 12.3 Å². The largest absolute Gasteiger partial charge is 0.475 e. The van der Waals surface area contributed by atoms with Gasteiger partial charge >= 0.3 is 6.18 Å². The van der Waals surface area contributed by atoms with Crippen molar-refractivity contribution in [2.24, 2.45) is 5.92 Å². The molecule has 2 heterocycles. The average molecular weight is 542 g/mol. The summed E-state index contributed by atoms with van der Waals surface area (Å²) in [5.74, 6) is -2.37. The Morgan fingerprint density at radius 2 is 1.71 bits per heavy atom. The summed E-state index contributed by atoms with van der Waals surface area (Å²) in [5, 5.41) is 13.1. The maximum Gasteiger partial charge on any atom is 0.421 e. The second kappa shape index (κ2) is 11.1. The van der Waals surface area contributed by atoms with Gasteiger partial charge in [0.05, 0.1) is 16.7 Å². The van der Waals surface area contributed by atoms with Crippen LogP contribution in [0.25, 0.3) is 22.0 Å². The number of aliphatic hydroxyl groups is 1. The first-order valence-corrected chi connectivity index (χ1v) is 12.1. The van der Waals surface area contributed by atoms with E-state index in [4.69, 9.17) is 9.47 Å². The summed E-state index contributed by atoms with van der Waals surface area (Å²) in [6.07, 6.45) is -3.41. The molecule has 0 spiro atoms. The molecule has 38 heavy (non-hydrogen) atoms. The van der Waals surface area contributed by atoms with E-state index in [1.165, 1.54) is 12.3 Å². The lowest BCUT2D eigenvalue weighted by Crippen LogP contribution is -2.55. The van der Waals surface area contributed by atoms with Crippen molar-refractivity contribution in [3.63, 3.8) is 0 Å². The monoisotopic (exact) mass is 541 g/mol. The highest BCUT2D eigenvalue weighted by atomic mass is 19.4. The van der Waals surface area contributed by atoms with Crippen LogP contribution in [0.3, 0.4) is 0 Å². The Morgan fingerprint density at radius 1 is 1.03 bits per heavy atom. The second-order valence-corrected chi connectivity index (χ2v) is 10.9. The Hall–Kier alpha value is -2.89. The lowest BCUT2D eigenvalue weighted by atomic mass is 9.91. The van der Waals surface area contributed by atoms with E-state index < -0.39 is 46.8 Å². The fourth-order valence-corrected chi connectivity index (χ4v) is 4.31. The maximum atomic E-state index is 14.6. The average Bonchev–Trinajstić information content (AvgIpc) is 2.74. The summed E-state index contributed by atoms with van der Waals surface area (Å²) >= 11 is 0. The van der Waals surface area contributed by atoms with Gasteiger partial charge in [-0.15, -0.1) is 0 Å². The summed E-state index contributed by atoms with van der Waals surface area (Å²) in [5.41, 5.74) is -2.82. The third-order valence-electron chi connectivity index (χ3n) is 5.55. The highest BCUT2D eigenvalue weighted by Gasteiger charge is 2.37. The van der Waals surface area contributed by atoms with E-state index in [1.54, 1.807) is 27.7 Å². The van der Waals surface area contributed by atoms with Crippen LogP contribution in [0.15, 0.2) is 36.7 Å². The quantitative estimate of drug-likeness (QED) is 0.239. The molecule has 2 unspecified atom stereocenters. The first-order chi connectivity index (χ1) is 17.5. The van der Waals surface area contributed by atoms with Crippen molar-refractivity contribution in [3.05, 3.63) is 53.9 Å². The van der Waals surface area contributed by atoms with Crippen molar-refractivity contribution in [1.29, 1.82) is 0 Å². The van der Waals surface area contributed by atoms with Crippen LogP contribution in [0.1, 0.15) is 53.5 Å². The standard InChI is InChI=1S/C27H32F5N3O3/c1-15(2)12-26(6,35-24(36)38-25(3,4)5)14-37-23-19(27(30,31)32)9-16(13-34-23)18-7-8-33-21-11-17(28)10-20(29)22(18)21/h7-11,13,15,24,35-36H,12,14H2,1-6H3. The van der Waals surface area contributed by atoms with Gasteiger partial charge in [0.15, 0.2) is 0 Å². The van der Waals surface area contributed by atoms with Crippen molar-refractivity contribution in [3.8, 4) is 17.0 Å². The molecular formula is C27H32F5N3O3. The van der Waals surface area contributed by atoms with E-state index in [2.05, 4.69) is 15.3 Å². The third-order valence-corrected chi connectivity index (χ3v) is 5.55. The number of hydrogen-bond donors (Lipinski definition) is 2. The predicted octanol–water partition coefficient (Wildman–Crippen LogP) is 6.46. The molecule has 0 aliphatic rings. The fraction of sp³-hybridized carbons (Fsp3) is 0.481. The number of fused-ring (bicyclic) bond motifs is 1. The molecule has 0 fully saturated rings. The second-order valence-electron chi connectivity index (χ2n) is 10.9. The highest BCUT2D eigenvalue weighted by Crippen LogP contribution is 2.39. The van der Waals surface area contributed by atoms with E-state index in [0.29, 0.717) is 12.5 Å². The van der Waals surface area contributed by atoms with Gasteiger partial charge < -0.3 is 14.6 Å². The molecule has 0 saturated heterocycles. The van der Waals surface area contributed by atoms with Crippen LogP contribution in [0, 0.1) is 17.6 Å². The van der Waals surface area contributed by atoms with Gasteiger partial charge in [-0.1, -0.05) is 13.8 Å². The van der Waals surface area contributed by atoms with Crippen LogP contribution < -0.4 is 10.1 Å². The number of halogens is 5. The topological polar surface area (TPSA) is 76.5 Å². The van der Waals surface area contributed by atoms with Crippen LogP contribution in [-0.4, -0.2) is 39.2 Å². The molecule has 0 amide bonds. The van der Waals surface area contributed by atoms with Gasteiger partial charge in [-0.25, -0.2) is 13.8 Å². The number of aromatic nitrogens is 2. The van der Waals surface area contributed by atoms with Crippen molar-refractivity contribution < 1.29 is 36.5 Å². The molecule has 2 N–H and O–H groups in total. The van der Waals surface area contributed by atoms with Gasteiger partial charge in [0.25, 0.3) is 0 Å². The molecule has 2 aromatic heterocycles. The van der Waals surface area contributed by atoms with E-state index in [9.17, 15) is 27.1 Å². The van der Waals surface area contributed by atoms with E-state index in [0.717, 1.165) is 18.3 Å². The molecule has 0 aliphatic carbocycles. The van der Waals surface area contributed by atoms with Gasteiger partial charge in [0, 0.05) is 35.5 Å². The van der Waals surface area contributed by atoms with Crippen LogP contribution in [-0.2, 0) is 10.9 Å². The van der Waals surface area contributed by atoms with Crippen molar-refractivity contribution >= 4 is 10.9 Å². The molecular weight excluding hydrogens is 509 g/mol. The molecule has 0 radical (unpaired) electrons. The lowest BCUT2D eigenvalue weighted by molar-refractivity contribution is -0.194. The lowest BCUT2D eigenvalue weighted by Gasteiger charge is -2.36. The number of benzene rings is 1. The van der Waals surface area contributed by atoms with E-state index >= 15 is 0 Å². The van der Waals surface area contributed by atoms with Crippen LogP contribution in [0.2, 0.25) is 0 Å². The molecule has 0 bridgehead atoms. The number of hydrogen-bond acceptors (Lipinski definition) is 6. The Balaban J connectivity index is 1.97. The van der Waals surface area contributed by atoms with Gasteiger partial charge in [0.1, 0.15) is 23.8 Å². The zero-order valence-electron chi connectivity index (χ0n) is 22.1. The van der Waals surface area contributed by atoms with Crippen LogP contribution >= 0.6 is 0 Å². The summed E-state index contributed by atoms with van der Waals surface area (Å²) in [4.78, 5) is 7.83. The molecule has 208 valence electrons. The number of nitrogens with one attached hydrogen (secondary N) is 1. The predicted molar refractivity (Wildman–Crippen MR) is 133 cm³/mol. The maximum absolute atomic E-state index is 14.6. The number of pyridine rings is 2. The van der Waals surface area contributed by atoms with Crippen LogP contribution in [0.4, 0.5) is 22.0 Å². The molecule has 3 rings (SSSR count). The molecule has 1 aromatic carbocycles. The van der Waals surface area contributed by atoms with Crippen molar-refractivity contribution in [2.75, 3.05) is 6.61 Å². The van der Waals surface area contributed by atoms with Gasteiger partial charge in [-0.2, -0.15) is 13.2 Å². The Labute approximate surface area is 218 Å². The summed E-state index contributed by atoms with van der Waals surface area (Å²) in [6.45, 7) is 10.5. The molecule has 0 aliphatic heterocycles. The molecule has 0 saturated carbocycles. The minimum Gasteiger partial charge on any atom is -0.475 e. The summed E-state index contributed by atoms with van der Waals surface area (Å²) in [6, 6.07) is 3.78. The van der Waals surface area contributed by atoms with E-state index in [-0.39, 0.29) is 34.6 Å². The zero-order valence-corrected chi connectivity index (χ0v) is 22.1. The van der Waals surface area contributed by atoms with Crippen LogP contribution in [0.5, 0.6) is 5.88 Å². The normalized spacial score (nSPS) is 15.1. The number of aliphatic hydroxyl groups excluding tert-OH is 1. The van der Waals surface area contributed by atoms with Crippen molar-refractivity contribution in [1.82, 2.24) is 15.3 Å². The number of ether oxygens (including phenoxy) is 2. The number of nitrogens with zero attached hydrogens (tertiary/aromatic N) is 2. The Kier molecular flexibility index (Phi) is 8.64. The van der Waals surface area contributed by atoms with Crippen molar-refractivity contribution in [2.45, 2.75) is 71.7 Å². The molecule has 3 aromatic rings. The number of rotatable bonds is 9. The highest BCUT2D eigenvalue weighted by molar-refractivity contribution is 5.94. The molecule has 6 nitrogen and oxygen atoms in total. The zero-order chi connectivity index (χ0) is 28.5. The van der Waals surface area contributed by atoms with Gasteiger partial charge in [-0.05, 0) is 57.7 Å². The first kappa shape index (κ1) is 29.7.